The molecule has 0 heterocycles. The van der Waals surface area contributed by atoms with E-state index in [1.54, 1.807) is 6.92 Å². The molecule has 2 aromatic carbocycles. The van der Waals surface area contributed by atoms with Crippen molar-refractivity contribution in [3.05, 3.63) is 52.1 Å². The third-order valence-electron chi connectivity index (χ3n) is 4.40. The van der Waals surface area contributed by atoms with E-state index < -0.39 is 26.9 Å². The van der Waals surface area contributed by atoms with Gasteiger partial charge in [0.15, 0.2) is 11.5 Å². The van der Waals surface area contributed by atoms with Crippen molar-refractivity contribution in [2.45, 2.75) is 19.9 Å². The summed E-state index contributed by atoms with van der Waals surface area (Å²) in [6.07, 6.45) is 0.978. The molecule has 0 aliphatic carbocycles. The number of methoxy groups -OCH3 is 2. The van der Waals surface area contributed by atoms with Gasteiger partial charge in [-0.1, -0.05) is 6.07 Å². The maximum Gasteiger partial charge on any atom is 0.271 e. The van der Waals surface area contributed by atoms with Crippen molar-refractivity contribution >= 4 is 33.0 Å². The molecule has 10 nitrogen and oxygen atoms in total. The number of rotatable bonds is 8. The molecule has 1 atom stereocenters. The van der Waals surface area contributed by atoms with Crippen LogP contribution in [-0.2, 0) is 14.8 Å². The lowest BCUT2D eigenvalue weighted by Crippen LogP contribution is -2.45. The summed E-state index contributed by atoms with van der Waals surface area (Å²) in [4.78, 5) is 23.3. The van der Waals surface area contributed by atoms with Crippen molar-refractivity contribution in [2.75, 3.05) is 30.1 Å². The summed E-state index contributed by atoms with van der Waals surface area (Å²) >= 11 is 0. The Balaban J connectivity index is 2.41. The number of hydrogen-bond donors (Lipinski definition) is 1. The minimum absolute atomic E-state index is 0.191. The average Bonchev–Trinajstić information content (AvgIpc) is 2.68. The Labute approximate surface area is 174 Å². The second-order valence-electron chi connectivity index (χ2n) is 6.52. The molecule has 30 heavy (non-hydrogen) atoms. The molecule has 0 fully saturated rings. The molecule has 0 spiro atoms. The maximum absolute atomic E-state index is 12.8. The normalized spacial score (nSPS) is 12.0. The quantitative estimate of drug-likeness (QED) is 0.497. The first kappa shape index (κ1) is 22.9. The fraction of sp³-hybridized carbons (Fsp3) is 0.316. The number of nitrogens with zero attached hydrogens (tertiary/aromatic N) is 2. The molecule has 11 heteroatoms. The number of nitro benzene ring substituents is 1. The number of aryl methyl sites for hydroxylation is 1. The fourth-order valence-corrected chi connectivity index (χ4v) is 4.03. The standard InChI is InChI=1S/C19H23N3O7S/c1-12-6-7-15(22(24)25)10-16(12)20-19(23)13(2)21(30(5,26)27)14-8-9-17(28-3)18(11-14)29-4/h6-11,13H,1-5H3,(H,20,23)/t13-/m1/s1. The number of nitrogens with one attached hydrogen (secondary N) is 1. The van der Waals surface area contributed by atoms with E-state index in [0.717, 1.165) is 10.6 Å². The molecule has 1 amide bonds. The van der Waals surface area contributed by atoms with Crippen LogP contribution in [0.1, 0.15) is 12.5 Å². The molecular weight excluding hydrogens is 414 g/mol. The number of benzene rings is 2. The number of non-ortho nitro benzene ring substituents is 1. The Morgan fingerprint density at radius 2 is 1.77 bits per heavy atom. The third-order valence-corrected chi connectivity index (χ3v) is 5.64. The summed E-state index contributed by atoms with van der Waals surface area (Å²) in [5.41, 5.74) is 0.831. The smallest absolute Gasteiger partial charge is 0.271 e. The highest BCUT2D eigenvalue weighted by Gasteiger charge is 2.30. The zero-order valence-electron chi connectivity index (χ0n) is 17.2. The number of hydrogen-bond acceptors (Lipinski definition) is 7. The van der Waals surface area contributed by atoms with Crippen LogP contribution in [0.15, 0.2) is 36.4 Å². The molecule has 0 saturated carbocycles. The van der Waals surface area contributed by atoms with Crippen LogP contribution in [0.25, 0.3) is 0 Å². The van der Waals surface area contributed by atoms with Gasteiger partial charge in [-0.3, -0.25) is 19.2 Å². The molecule has 2 rings (SSSR count). The molecule has 0 bridgehead atoms. The van der Waals surface area contributed by atoms with E-state index in [2.05, 4.69) is 5.32 Å². The molecule has 0 radical (unpaired) electrons. The lowest BCUT2D eigenvalue weighted by atomic mass is 10.1. The van der Waals surface area contributed by atoms with Crippen LogP contribution in [0.2, 0.25) is 0 Å². The summed E-state index contributed by atoms with van der Waals surface area (Å²) in [5, 5.41) is 13.6. The molecule has 1 N–H and O–H groups in total. The van der Waals surface area contributed by atoms with E-state index >= 15 is 0 Å². The van der Waals surface area contributed by atoms with Crippen LogP contribution in [0.4, 0.5) is 17.1 Å². The lowest BCUT2D eigenvalue weighted by Gasteiger charge is -2.28. The fourth-order valence-electron chi connectivity index (χ4n) is 2.87. The van der Waals surface area contributed by atoms with E-state index in [1.807, 2.05) is 0 Å². The first-order valence-corrected chi connectivity index (χ1v) is 10.6. The number of ether oxygens (including phenoxy) is 2. The highest BCUT2D eigenvalue weighted by molar-refractivity contribution is 7.92. The number of sulfonamides is 1. The Hall–Kier alpha value is -3.34. The lowest BCUT2D eigenvalue weighted by molar-refractivity contribution is -0.384. The van der Waals surface area contributed by atoms with Crippen LogP contribution < -0.4 is 19.1 Å². The van der Waals surface area contributed by atoms with Crippen LogP contribution in [0, 0.1) is 17.0 Å². The van der Waals surface area contributed by atoms with Crippen LogP contribution >= 0.6 is 0 Å². The monoisotopic (exact) mass is 437 g/mol. The number of carbonyl (C=O) groups is 1. The predicted octanol–water partition coefficient (Wildman–Crippen LogP) is 2.71. The minimum atomic E-state index is -3.86. The highest BCUT2D eigenvalue weighted by atomic mass is 32.2. The van der Waals surface area contributed by atoms with Gasteiger partial charge in [0.05, 0.1) is 36.8 Å². The van der Waals surface area contributed by atoms with Gasteiger partial charge in [-0.25, -0.2) is 8.42 Å². The summed E-state index contributed by atoms with van der Waals surface area (Å²) in [6, 6.07) is 7.36. The second-order valence-corrected chi connectivity index (χ2v) is 8.38. The summed E-state index contributed by atoms with van der Waals surface area (Å²) in [5.74, 6) is 0.0450. The van der Waals surface area contributed by atoms with Crippen LogP contribution in [-0.4, -0.2) is 45.8 Å². The number of nitro groups is 1. The molecule has 2 aromatic rings. The van der Waals surface area contributed by atoms with Gasteiger partial charge in [0, 0.05) is 18.2 Å². The van der Waals surface area contributed by atoms with Gasteiger partial charge in [-0.05, 0) is 31.5 Å². The van der Waals surface area contributed by atoms with Gasteiger partial charge >= 0.3 is 0 Å². The molecule has 0 unspecified atom stereocenters. The Morgan fingerprint density at radius 3 is 2.30 bits per heavy atom. The largest absolute Gasteiger partial charge is 0.493 e. The first-order chi connectivity index (χ1) is 14.0. The van der Waals surface area contributed by atoms with Crippen molar-refractivity contribution in [1.82, 2.24) is 0 Å². The number of carbonyl (C=O) groups excluding carboxylic acids is 1. The zero-order chi connectivity index (χ0) is 22.6. The van der Waals surface area contributed by atoms with E-state index in [-0.39, 0.29) is 17.1 Å². The van der Waals surface area contributed by atoms with Crippen molar-refractivity contribution < 1.29 is 27.6 Å². The van der Waals surface area contributed by atoms with E-state index in [9.17, 15) is 23.3 Å². The van der Waals surface area contributed by atoms with E-state index in [1.165, 1.54) is 57.5 Å². The Kier molecular flexibility index (Phi) is 6.88. The predicted molar refractivity (Wildman–Crippen MR) is 113 cm³/mol. The van der Waals surface area contributed by atoms with E-state index in [4.69, 9.17) is 9.47 Å². The number of anilines is 2. The summed E-state index contributed by atoms with van der Waals surface area (Å²) in [7, 11) is -1.00. The van der Waals surface area contributed by atoms with E-state index in [0.29, 0.717) is 17.1 Å². The molecular formula is C19H23N3O7S. The van der Waals surface area contributed by atoms with Crippen LogP contribution in [0.3, 0.4) is 0 Å². The minimum Gasteiger partial charge on any atom is -0.493 e. The Morgan fingerprint density at radius 1 is 1.13 bits per heavy atom. The molecule has 0 saturated heterocycles. The van der Waals surface area contributed by atoms with Gasteiger partial charge in [-0.2, -0.15) is 0 Å². The molecule has 162 valence electrons. The van der Waals surface area contributed by atoms with Crippen molar-refractivity contribution in [1.29, 1.82) is 0 Å². The SMILES string of the molecule is COc1ccc(N([C@H](C)C(=O)Nc2cc([N+](=O)[O-])ccc2C)S(C)(=O)=O)cc1OC. The topological polar surface area (TPSA) is 128 Å². The van der Waals surface area contributed by atoms with Crippen molar-refractivity contribution in [3.63, 3.8) is 0 Å². The Bertz CT molecular complexity index is 1070. The highest BCUT2D eigenvalue weighted by Crippen LogP contribution is 2.33. The first-order valence-electron chi connectivity index (χ1n) is 8.77. The van der Waals surface area contributed by atoms with Gasteiger partial charge in [0.1, 0.15) is 6.04 Å². The zero-order valence-corrected chi connectivity index (χ0v) is 18.0. The van der Waals surface area contributed by atoms with Crippen LogP contribution in [0.5, 0.6) is 11.5 Å². The second kappa shape index (κ2) is 8.99. The molecule has 0 aromatic heterocycles. The maximum atomic E-state index is 12.8. The molecule has 0 aliphatic heterocycles. The average molecular weight is 437 g/mol. The summed E-state index contributed by atoms with van der Waals surface area (Å²) < 4.78 is 36.3. The molecule has 0 aliphatic rings. The third kappa shape index (κ3) is 4.98. The van der Waals surface area contributed by atoms with Gasteiger partial charge in [0.25, 0.3) is 5.69 Å². The van der Waals surface area contributed by atoms with Crippen molar-refractivity contribution in [2.24, 2.45) is 0 Å². The van der Waals surface area contributed by atoms with Gasteiger partial charge in [0.2, 0.25) is 15.9 Å². The number of amides is 1. The van der Waals surface area contributed by atoms with Gasteiger partial charge < -0.3 is 14.8 Å². The van der Waals surface area contributed by atoms with Gasteiger partial charge in [-0.15, -0.1) is 0 Å². The van der Waals surface area contributed by atoms with Crippen molar-refractivity contribution in [3.8, 4) is 11.5 Å². The summed E-state index contributed by atoms with van der Waals surface area (Å²) in [6.45, 7) is 3.09.